The molecule has 2 aliphatic rings. The summed E-state index contributed by atoms with van der Waals surface area (Å²) < 4.78 is 12.7. The van der Waals surface area contributed by atoms with E-state index in [1.165, 1.54) is 11.3 Å². The van der Waals surface area contributed by atoms with Crippen LogP contribution < -0.4 is 9.47 Å². The molecular formula is C21H22N4O3S. The monoisotopic (exact) mass is 410 g/mol. The van der Waals surface area contributed by atoms with E-state index < -0.39 is 0 Å². The predicted molar refractivity (Wildman–Crippen MR) is 111 cm³/mol. The maximum atomic E-state index is 11.6. The zero-order valence-electron chi connectivity index (χ0n) is 16.2. The van der Waals surface area contributed by atoms with Gasteiger partial charge in [0, 0.05) is 44.8 Å². The van der Waals surface area contributed by atoms with E-state index in [-0.39, 0.29) is 5.91 Å². The Bertz CT molecular complexity index is 989. The molecule has 4 heterocycles. The number of ether oxygens (including phenoxy) is 2. The lowest BCUT2D eigenvalue weighted by Crippen LogP contribution is -2.48. The van der Waals surface area contributed by atoms with Crippen molar-refractivity contribution >= 4 is 27.6 Å². The molecule has 7 nitrogen and oxygen atoms in total. The minimum atomic E-state index is 0.192. The SMILES string of the molecule is CC(=O)N1C[C@H]2C[C@@H]1CN2CCOc1ccc(Oc2nc3ncccc3s2)cc1. The van der Waals surface area contributed by atoms with Crippen LogP contribution in [0.4, 0.5) is 0 Å². The molecule has 0 unspecified atom stereocenters. The van der Waals surface area contributed by atoms with Crippen LogP contribution in [0.5, 0.6) is 16.7 Å². The van der Waals surface area contributed by atoms with Crippen molar-refractivity contribution in [3.8, 4) is 16.7 Å². The van der Waals surface area contributed by atoms with E-state index in [0.717, 1.165) is 42.3 Å². The van der Waals surface area contributed by atoms with Crippen LogP contribution >= 0.6 is 11.3 Å². The number of fused-ring (bicyclic) bond motifs is 3. The van der Waals surface area contributed by atoms with Crippen LogP contribution in [0.3, 0.4) is 0 Å². The summed E-state index contributed by atoms with van der Waals surface area (Å²) in [5, 5.41) is 0.580. The molecule has 2 bridgehead atoms. The smallest absolute Gasteiger partial charge is 0.281 e. The number of pyridine rings is 1. The molecule has 0 saturated carbocycles. The number of rotatable bonds is 6. The molecule has 3 aromatic rings. The summed E-state index contributed by atoms with van der Waals surface area (Å²) in [5.74, 6) is 1.73. The first-order chi connectivity index (χ1) is 14.2. The first-order valence-corrected chi connectivity index (χ1v) is 10.6. The van der Waals surface area contributed by atoms with Gasteiger partial charge in [-0.25, -0.2) is 4.98 Å². The van der Waals surface area contributed by atoms with Crippen molar-refractivity contribution in [1.29, 1.82) is 0 Å². The number of amides is 1. The molecule has 150 valence electrons. The van der Waals surface area contributed by atoms with E-state index >= 15 is 0 Å². The van der Waals surface area contributed by atoms with Crippen LogP contribution in [0.15, 0.2) is 42.6 Å². The van der Waals surface area contributed by atoms with Crippen LogP contribution in [-0.2, 0) is 4.79 Å². The molecule has 0 radical (unpaired) electrons. The van der Waals surface area contributed by atoms with Crippen LogP contribution in [0.2, 0.25) is 0 Å². The molecule has 0 N–H and O–H groups in total. The van der Waals surface area contributed by atoms with Crippen molar-refractivity contribution in [1.82, 2.24) is 19.8 Å². The highest BCUT2D eigenvalue weighted by Gasteiger charge is 2.43. The van der Waals surface area contributed by atoms with Crippen LogP contribution in [0, 0.1) is 0 Å². The van der Waals surface area contributed by atoms with Gasteiger partial charge in [0.1, 0.15) is 18.1 Å². The third-order valence-corrected chi connectivity index (χ3v) is 6.47. The third kappa shape index (κ3) is 3.77. The van der Waals surface area contributed by atoms with E-state index in [1.54, 1.807) is 13.1 Å². The lowest BCUT2D eigenvalue weighted by Gasteiger charge is -2.33. The summed E-state index contributed by atoms with van der Waals surface area (Å²) in [6.45, 7) is 4.98. The molecule has 2 aromatic heterocycles. The number of piperazine rings is 1. The molecule has 8 heteroatoms. The van der Waals surface area contributed by atoms with E-state index in [9.17, 15) is 4.79 Å². The third-order valence-electron chi connectivity index (χ3n) is 5.58. The second-order valence-electron chi connectivity index (χ2n) is 7.44. The summed E-state index contributed by atoms with van der Waals surface area (Å²) in [5.41, 5.74) is 0.703. The lowest BCUT2D eigenvalue weighted by atomic mass is 10.2. The van der Waals surface area contributed by atoms with Crippen LogP contribution in [0.1, 0.15) is 13.3 Å². The largest absolute Gasteiger partial charge is 0.492 e. The predicted octanol–water partition coefficient (Wildman–Crippen LogP) is 3.17. The summed E-state index contributed by atoms with van der Waals surface area (Å²) in [7, 11) is 0. The molecular weight excluding hydrogens is 388 g/mol. The summed E-state index contributed by atoms with van der Waals surface area (Å²) in [4.78, 5) is 24.6. The maximum Gasteiger partial charge on any atom is 0.281 e. The number of benzene rings is 1. The van der Waals surface area contributed by atoms with Gasteiger partial charge < -0.3 is 14.4 Å². The molecule has 29 heavy (non-hydrogen) atoms. The van der Waals surface area contributed by atoms with Crippen molar-refractivity contribution in [2.24, 2.45) is 0 Å². The van der Waals surface area contributed by atoms with E-state index in [4.69, 9.17) is 9.47 Å². The minimum Gasteiger partial charge on any atom is -0.492 e. The van der Waals surface area contributed by atoms with Crippen molar-refractivity contribution in [2.75, 3.05) is 26.2 Å². The van der Waals surface area contributed by atoms with E-state index in [0.29, 0.717) is 29.5 Å². The molecule has 0 spiro atoms. The second-order valence-corrected chi connectivity index (χ2v) is 8.43. The van der Waals surface area contributed by atoms with Gasteiger partial charge in [-0.3, -0.25) is 9.69 Å². The Morgan fingerprint density at radius 3 is 2.72 bits per heavy atom. The van der Waals surface area contributed by atoms with Crippen LogP contribution in [-0.4, -0.2) is 64.0 Å². The van der Waals surface area contributed by atoms with Gasteiger partial charge in [-0.2, -0.15) is 4.98 Å². The fourth-order valence-electron chi connectivity index (χ4n) is 4.19. The molecule has 2 aliphatic heterocycles. The average Bonchev–Trinajstić information content (AvgIpc) is 3.42. The van der Waals surface area contributed by atoms with Gasteiger partial charge in [0.25, 0.3) is 5.19 Å². The number of carbonyl (C=O) groups excluding carboxylic acids is 1. The number of thiazole rings is 1. The average molecular weight is 410 g/mol. The van der Waals surface area contributed by atoms with Gasteiger partial charge in [0.2, 0.25) is 5.91 Å². The Hall–Kier alpha value is -2.71. The Kier molecular flexibility index (Phi) is 4.81. The quantitative estimate of drug-likeness (QED) is 0.622. The summed E-state index contributed by atoms with van der Waals surface area (Å²) in [6.07, 6.45) is 2.82. The summed E-state index contributed by atoms with van der Waals surface area (Å²) >= 11 is 1.47. The Labute approximate surface area is 172 Å². The fourth-order valence-corrected chi connectivity index (χ4v) is 4.98. The molecule has 1 amide bonds. The fraction of sp³-hybridized carbons (Fsp3) is 0.381. The van der Waals surface area contributed by atoms with Crippen molar-refractivity contribution < 1.29 is 14.3 Å². The Morgan fingerprint density at radius 2 is 2.00 bits per heavy atom. The highest BCUT2D eigenvalue weighted by molar-refractivity contribution is 7.20. The van der Waals surface area contributed by atoms with Gasteiger partial charge in [-0.15, -0.1) is 0 Å². The Morgan fingerprint density at radius 1 is 1.17 bits per heavy atom. The summed E-state index contributed by atoms with van der Waals surface area (Å²) in [6, 6.07) is 12.3. The highest BCUT2D eigenvalue weighted by Crippen LogP contribution is 2.32. The highest BCUT2D eigenvalue weighted by atomic mass is 32.1. The first-order valence-electron chi connectivity index (χ1n) is 9.79. The van der Waals surface area contributed by atoms with Gasteiger partial charge >= 0.3 is 0 Å². The van der Waals surface area contributed by atoms with Gasteiger partial charge in [-0.1, -0.05) is 11.3 Å². The molecule has 5 rings (SSSR count). The van der Waals surface area contributed by atoms with Crippen molar-refractivity contribution in [3.05, 3.63) is 42.6 Å². The van der Waals surface area contributed by atoms with Gasteiger partial charge in [0.15, 0.2) is 5.65 Å². The normalized spacial score (nSPS) is 21.1. The van der Waals surface area contributed by atoms with E-state index in [1.807, 2.05) is 41.3 Å². The lowest BCUT2D eigenvalue weighted by molar-refractivity contribution is -0.131. The number of carbonyl (C=O) groups is 1. The first kappa shape index (κ1) is 18.3. The molecule has 2 saturated heterocycles. The van der Waals surface area contributed by atoms with Gasteiger partial charge in [-0.05, 0) is 42.8 Å². The number of hydrogen-bond donors (Lipinski definition) is 0. The zero-order valence-corrected chi connectivity index (χ0v) is 17.0. The number of aromatic nitrogens is 2. The van der Waals surface area contributed by atoms with E-state index in [2.05, 4.69) is 14.9 Å². The Balaban J connectivity index is 1.11. The van der Waals surface area contributed by atoms with Crippen molar-refractivity contribution in [2.45, 2.75) is 25.4 Å². The van der Waals surface area contributed by atoms with Gasteiger partial charge in [0.05, 0.1) is 4.70 Å². The number of hydrogen-bond acceptors (Lipinski definition) is 7. The minimum absolute atomic E-state index is 0.192. The molecule has 2 fully saturated rings. The van der Waals surface area contributed by atoms with Crippen LogP contribution in [0.25, 0.3) is 10.3 Å². The maximum absolute atomic E-state index is 11.6. The number of likely N-dealkylation sites (tertiary alicyclic amines) is 2. The zero-order chi connectivity index (χ0) is 19.8. The molecule has 1 aromatic carbocycles. The number of nitrogens with zero attached hydrogens (tertiary/aromatic N) is 4. The molecule has 0 aliphatic carbocycles. The molecule has 2 atom stereocenters. The second kappa shape index (κ2) is 7.61. The van der Waals surface area contributed by atoms with Crippen molar-refractivity contribution in [3.63, 3.8) is 0 Å². The topological polar surface area (TPSA) is 67.8 Å². The standard InChI is InChI=1S/C21H22N4O3S/c1-14(26)25-13-15-11-16(25)12-24(15)9-10-27-17-4-6-18(7-5-17)28-21-23-20-19(29-21)3-2-8-22-20/h2-8,15-16H,9-13H2,1H3/t15-,16-/m1/s1.